The first-order valence-corrected chi connectivity index (χ1v) is 5.72. The number of ketones is 1. The monoisotopic (exact) mass is 224 g/mol. The Morgan fingerprint density at radius 1 is 1.20 bits per heavy atom. The molecule has 2 rings (SSSR count). The number of hydrogen-bond donors (Lipinski definition) is 1. The van der Waals surface area contributed by atoms with Gasteiger partial charge in [-0.15, -0.1) is 0 Å². The van der Waals surface area contributed by atoms with Gasteiger partial charge in [-0.3, -0.25) is 9.35 Å². The van der Waals surface area contributed by atoms with Crippen LogP contribution in [0.2, 0.25) is 0 Å². The van der Waals surface area contributed by atoms with E-state index in [2.05, 4.69) is 0 Å². The summed E-state index contributed by atoms with van der Waals surface area (Å²) in [5, 5.41) is 0. The second-order valence-corrected chi connectivity index (χ2v) is 4.73. The van der Waals surface area contributed by atoms with Gasteiger partial charge in [-0.25, -0.2) is 0 Å². The van der Waals surface area contributed by atoms with Crippen LogP contribution < -0.4 is 0 Å². The van der Waals surface area contributed by atoms with Crippen molar-refractivity contribution in [1.29, 1.82) is 0 Å². The van der Waals surface area contributed by atoms with Crippen molar-refractivity contribution in [2.24, 2.45) is 0 Å². The lowest BCUT2D eigenvalue weighted by atomic mass is 9.97. The van der Waals surface area contributed by atoms with Crippen molar-refractivity contribution in [2.45, 2.75) is 11.3 Å². The molecule has 0 aliphatic heterocycles. The van der Waals surface area contributed by atoms with E-state index >= 15 is 0 Å². The molecule has 78 valence electrons. The Morgan fingerprint density at radius 2 is 1.93 bits per heavy atom. The highest BCUT2D eigenvalue weighted by molar-refractivity contribution is 7.85. The summed E-state index contributed by atoms with van der Waals surface area (Å²) in [5.74, 6) is -0.0119. The van der Waals surface area contributed by atoms with E-state index in [1.807, 2.05) is 0 Å². The van der Waals surface area contributed by atoms with E-state index in [1.165, 1.54) is 18.2 Å². The van der Waals surface area contributed by atoms with Gasteiger partial charge in [0.25, 0.3) is 10.1 Å². The first-order valence-electron chi connectivity index (χ1n) is 4.28. The molecule has 1 aromatic carbocycles. The van der Waals surface area contributed by atoms with Crippen LogP contribution in [0.1, 0.15) is 11.1 Å². The molecule has 0 saturated carbocycles. The van der Waals surface area contributed by atoms with Crippen LogP contribution in [-0.4, -0.2) is 18.8 Å². The van der Waals surface area contributed by atoms with E-state index in [0.29, 0.717) is 5.56 Å². The fourth-order valence-electron chi connectivity index (χ4n) is 1.48. The molecule has 0 amide bonds. The average molecular weight is 224 g/mol. The molecule has 0 fully saturated rings. The van der Waals surface area contributed by atoms with E-state index in [1.54, 1.807) is 12.1 Å². The number of fused-ring (bicyclic) bond motifs is 1. The Morgan fingerprint density at radius 3 is 2.60 bits per heavy atom. The first-order chi connectivity index (χ1) is 6.97. The van der Waals surface area contributed by atoms with Crippen molar-refractivity contribution in [2.75, 3.05) is 0 Å². The summed E-state index contributed by atoms with van der Waals surface area (Å²) in [7, 11) is -4.17. The van der Waals surface area contributed by atoms with Gasteiger partial charge in [0.15, 0.2) is 5.78 Å². The van der Waals surface area contributed by atoms with Crippen LogP contribution in [0.3, 0.4) is 0 Å². The van der Waals surface area contributed by atoms with E-state index in [-0.39, 0.29) is 17.1 Å². The fourth-order valence-corrected chi connectivity index (χ4v) is 1.99. The normalized spacial score (nSPS) is 15.1. The van der Waals surface area contributed by atoms with Gasteiger partial charge >= 0.3 is 0 Å². The summed E-state index contributed by atoms with van der Waals surface area (Å²) in [4.78, 5) is 10.9. The topological polar surface area (TPSA) is 71.4 Å². The Kier molecular flexibility index (Phi) is 2.21. The Labute approximate surface area is 87.0 Å². The predicted octanol–water partition coefficient (Wildman–Crippen LogP) is 1.07. The first kappa shape index (κ1) is 10.1. The third-order valence-corrected chi connectivity index (χ3v) is 3.08. The molecule has 4 nitrogen and oxygen atoms in total. The standard InChI is InChI=1S/C10H8O4S/c11-9-3-1-8-6-10(15(12,13)14)4-2-7(8)5-9/h1-4,6H,5H2,(H,12,13,14). The molecular weight excluding hydrogens is 216 g/mol. The zero-order chi connectivity index (χ0) is 11.1. The maximum absolute atomic E-state index is 11.1. The lowest BCUT2D eigenvalue weighted by molar-refractivity contribution is -0.114. The molecule has 0 unspecified atom stereocenters. The van der Waals surface area contributed by atoms with Crippen LogP contribution in [0.4, 0.5) is 0 Å². The van der Waals surface area contributed by atoms with Crippen LogP contribution in [-0.2, 0) is 21.3 Å². The molecule has 1 aromatic rings. The molecule has 15 heavy (non-hydrogen) atoms. The molecule has 1 aliphatic carbocycles. The number of carbonyl (C=O) groups excluding carboxylic acids is 1. The maximum Gasteiger partial charge on any atom is 0.294 e. The molecule has 0 aromatic heterocycles. The Hall–Kier alpha value is -1.46. The van der Waals surface area contributed by atoms with Gasteiger partial charge in [-0.2, -0.15) is 8.42 Å². The van der Waals surface area contributed by atoms with Crippen LogP contribution in [0.15, 0.2) is 29.2 Å². The largest absolute Gasteiger partial charge is 0.294 e. The zero-order valence-electron chi connectivity index (χ0n) is 7.67. The van der Waals surface area contributed by atoms with E-state index in [0.717, 1.165) is 5.56 Å². The van der Waals surface area contributed by atoms with Crippen LogP contribution in [0.5, 0.6) is 0 Å². The maximum atomic E-state index is 11.1. The molecule has 0 saturated heterocycles. The number of carbonyl (C=O) groups is 1. The van der Waals surface area contributed by atoms with Crippen molar-refractivity contribution < 1.29 is 17.8 Å². The highest BCUT2D eigenvalue weighted by atomic mass is 32.2. The van der Waals surface area contributed by atoms with Gasteiger partial charge in [0.2, 0.25) is 0 Å². The number of hydrogen-bond acceptors (Lipinski definition) is 3. The second kappa shape index (κ2) is 3.29. The lowest BCUT2D eigenvalue weighted by Crippen LogP contribution is -2.07. The minimum atomic E-state index is -4.17. The molecule has 0 bridgehead atoms. The Balaban J connectivity index is 2.56. The lowest BCUT2D eigenvalue weighted by Gasteiger charge is -2.09. The summed E-state index contributed by atoms with van der Waals surface area (Å²) >= 11 is 0. The number of rotatable bonds is 1. The van der Waals surface area contributed by atoms with Crippen LogP contribution >= 0.6 is 0 Å². The predicted molar refractivity (Wildman–Crippen MR) is 54.0 cm³/mol. The van der Waals surface area contributed by atoms with Crippen molar-refractivity contribution in [3.63, 3.8) is 0 Å². The molecule has 0 spiro atoms. The second-order valence-electron chi connectivity index (χ2n) is 3.31. The molecule has 0 atom stereocenters. The molecule has 0 heterocycles. The van der Waals surface area contributed by atoms with Crippen LogP contribution in [0, 0.1) is 0 Å². The summed E-state index contributed by atoms with van der Waals surface area (Å²) < 4.78 is 30.5. The van der Waals surface area contributed by atoms with Crippen molar-refractivity contribution in [1.82, 2.24) is 0 Å². The minimum absolute atomic E-state index is 0.0119. The van der Waals surface area contributed by atoms with Gasteiger partial charge in [0, 0.05) is 6.42 Å². The Bertz CT molecular complexity index is 555. The zero-order valence-corrected chi connectivity index (χ0v) is 8.49. The van der Waals surface area contributed by atoms with E-state index in [4.69, 9.17) is 4.55 Å². The van der Waals surface area contributed by atoms with Crippen molar-refractivity contribution in [3.8, 4) is 0 Å². The average Bonchev–Trinajstić information content (AvgIpc) is 2.15. The van der Waals surface area contributed by atoms with Crippen molar-refractivity contribution in [3.05, 3.63) is 35.4 Å². The third kappa shape index (κ3) is 1.98. The molecule has 1 aliphatic rings. The molecule has 5 heteroatoms. The SMILES string of the molecule is O=C1C=Cc2cc(S(=O)(=O)O)ccc2C1. The van der Waals surface area contributed by atoms with Crippen LogP contribution in [0.25, 0.3) is 6.08 Å². The number of allylic oxidation sites excluding steroid dienone is 1. The van der Waals surface area contributed by atoms with Gasteiger partial charge in [0.05, 0.1) is 4.90 Å². The van der Waals surface area contributed by atoms with E-state index < -0.39 is 10.1 Å². The van der Waals surface area contributed by atoms with Gasteiger partial charge in [0.1, 0.15) is 0 Å². The highest BCUT2D eigenvalue weighted by Gasteiger charge is 2.15. The van der Waals surface area contributed by atoms with Gasteiger partial charge in [-0.05, 0) is 29.3 Å². The van der Waals surface area contributed by atoms with Gasteiger partial charge in [-0.1, -0.05) is 12.1 Å². The van der Waals surface area contributed by atoms with E-state index in [9.17, 15) is 13.2 Å². The molecule has 0 radical (unpaired) electrons. The fraction of sp³-hybridized carbons (Fsp3) is 0.100. The summed E-state index contributed by atoms with van der Waals surface area (Å²) in [6, 6.07) is 4.19. The quantitative estimate of drug-likeness (QED) is 0.724. The van der Waals surface area contributed by atoms with Gasteiger partial charge < -0.3 is 0 Å². The molecular formula is C10H8O4S. The summed E-state index contributed by atoms with van der Waals surface area (Å²) in [6.45, 7) is 0. The summed E-state index contributed by atoms with van der Waals surface area (Å²) in [6.07, 6.45) is 3.23. The minimum Gasteiger partial charge on any atom is -0.294 e. The molecule has 1 N–H and O–H groups in total. The summed E-state index contributed by atoms with van der Waals surface area (Å²) in [5.41, 5.74) is 1.43. The highest BCUT2D eigenvalue weighted by Crippen LogP contribution is 2.21. The smallest absolute Gasteiger partial charge is 0.294 e. The number of benzene rings is 1. The third-order valence-electron chi connectivity index (χ3n) is 2.23. The van der Waals surface area contributed by atoms with Crippen molar-refractivity contribution >= 4 is 22.0 Å².